The highest BCUT2D eigenvalue weighted by molar-refractivity contribution is 8.03. The number of hydrogen-bond acceptors (Lipinski definition) is 11. The summed E-state index contributed by atoms with van der Waals surface area (Å²) >= 11 is 1.26. The monoisotopic (exact) mass is 501 g/mol. The molecule has 4 aliphatic heterocycles. The Morgan fingerprint density at radius 1 is 1.17 bits per heavy atom. The Labute approximate surface area is 201 Å². The molecule has 0 unspecified atom stereocenters. The summed E-state index contributed by atoms with van der Waals surface area (Å²) in [6.07, 6.45) is -3.58. The van der Waals surface area contributed by atoms with Crippen LogP contribution in [0.2, 0.25) is 0 Å². The molecule has 11 nitrogen and oxygen atoms in total. The zero-order chi connectivity index (χ0) is 25.1. The number of aliphatic hydroxyl groups is 3. The molecule has 2 aliphatic carbocycles. The van der Waals surface area contributed by atoms with E-state index in [0.717, 1.165) is 6.08 Å². The normalized spacial score (nSPS) is 37.9. The van der Waals surface area contributed by atoms with E-state index < -0.39 is 70.9 Å². The van der Waals surface area contributed by atoms with Crippen LogP contribution >= 0.6 is 11.8 Å². The molecule has 12 heteroatoms. The minimum atomic E-state index is -2.52. The maximum atomic E-state index is 13.7. The number of nitrogens with zero attached hydrogens (tertiary/aromatic N) is 1. The van der Waals surface area contributed by atoms with E-state index in [4.69, 9.17) is 9.47 Å². The van der Waals surface area contributed by atoms with Gasteiger partial charge in [0, 0.05) is 33.7 Å². The van der Waals surface area contributed by atoms with E-state index in [2.05, 4.69) is 0 Å². The Morgan fingerprint density at radius 3 is 2.57 bits per heavy atom. The molecule has 0 amide bonds. The van der Waals surface area contributed by atoms with Gasteiger partial charge in [0.1, 0.15) is 18.2 Å². The first-order valence-corrected chi connectivity index (χ1v) is 11.8. The Kier molecular flexibility index (Phi) is 4.50. The van der Waals surface area contributed by atoms with Crippen molar-refractivity contribution in [3.05, 3.63) is 56.5 Å². The molecular weight excluding hydrogens is 482 g/mol. The molecule has 35 heavy (non-hydrogen) atoms. The van der Waals surface area contributed by atoms with E-state index in [1.807, 2.05) is 0 Å². The lowest BCUT2D eigenvalue weighted by molar-refractivity contribution is -0.299. The van der Waals surface area contributed by atoms with Crippen LogP contribution in [-0.2, 0) is 28.7 Å². The number of Topliss-reactive ketones (excluding diaryl/α,β-unsaturated/α-hetero) is 2. The second-order valence-corrected chi connectivity index (χ2v) is 10.1. The Bertz CT molecular complexity index is 1340. The van der Waals surface area contributed by atoms with Crippen molar-refractivity contribution in [2.24, 2.45) is 0 Å². The van der Waals surface area contributed by atoms with Crippen LogP contribution in [0.15, 0.2) is 56.5 Å². The number of thioether (sulfide) groups is 1. The predicted octanol–water partition coefficient (Wildman–Crippen LogP) is -0.943. The van der Waals surface area contributed by atoms with Crippen LogP contribution in [0.4, 0.5) is 0 Å². The van der Waals surface area contributed by atoms with Gasteiger partial charge in [-0.3, -0.25) is 14.4 Å². The number of ether oxygens (including phenoxy) is 2. The summed E-state index contributed by atoms with van der Waals surface area (Å²) in [5.74, 6) is -3.80. The van der Waals surface area contributed by atoms with E-state index in [9.17, 15) is 39.6 Å². The molecule has 4 N–H and O–H groups in total. The van der Waals surface area contributed by atoms with E-state index in [1.54, 1.807) is 13.0 Å². The second-order valence-electron chi connectivity index (χ2n) is 9.10. The quantitative estimate of drug-likeness (QED) is 0.348. The van der Waals surface area contributed by atoms with Gasteiger partial charge in [0.2, 0.25) is 12.1 Å². The largest absolute Gasteiger partial charge is 0.480 e. The van der Waals surface area contributed by atoms with Gasteiger partial charge in [-0.25, -0.2) is 4.79 Å². The maximum absolute atomic E-state index is 13.7. The topological polar surface area (TPSA) is 171 Å². The first kappa shape index (κ1) is 22.4. The molecule has 6 atom stereocenters. The summed E-state index contributed by atoms with van der Waals surface area (Å²) in [5, 5.41) is 42.3. The fraction of sp³-hybridized carbons (Fsp3) is 0.391. The van der Waals surface area contributed by atoms with E-state index in [-0.39, 0.29) is 28.0 Å². The smallest absolute Gasteiger partial charge is 0.327 e. The zero-order valence-electron chi connectivity index (χ0n) is 18.3. The molecule has 6 aliphatic rings. The van der Waals surface area contributed by atoms with Crippen molar-refractivity contribution in [1.82, 2.24) is 4.90 Å². The predicted molar refractivity (Wildman–Crippen MR) is 116 cm³/mol. The number of carbonyl (C=O) groups excluding carboxylic acids is 3. The van der Waals surface area contributed by atoms with E-state index in [1.165, 1.54) is 23.6 Å². The molecule has 0 aromatic heterocycles. The van der Waals surface area contributed by atoms with Crippen LogP contribution in [0.5, 0.6) is 0 Å². The van der Waals surface area contributed by atoms with Crippen LogP contribution < -0.4 is 0 Å². The molecule has 6 rings (SSSR count). The van der Waals surface area contributed by atoms with E-state index in [0.29, 0.717) is 10.7 Å². The molecule has 182 valence electrons. The minimum absolute atomic E-state index is 0.112. The summed E-state index contributed by atoms with van der Waals surface area (Å²) in [6.45, 7) is 3.02. The summed E-state index contributed by atoms with van der Waals surface area (Å²) < 4.78 is 11.0. The van der Waals surface area contributed by atoms with E-state index >= 15 is 0 Å². The van der Waals surface area contributed by atoms with Crippen molar-refractivity contribution in [2.45, 2.75) is 50.1 Å². The third-order valence-corrected chi connectivity index (χ3v) is 8.35. The van der Waals surface area contributed by atoms with Gasteiger partial charge >= 0.3 is 5.97 Å². The summed E-state index contributed by atoms with van der Waals surface area (Å²) in [5.41, 5.74) is -2.73. The minimum Gasteiger partial charge on any atom is -0.480 e. The lowest BCUT2D eigenvalue weighted by Crippen LogP contribution is -2.65. The summed E-state index contributed by atoms with van der Waals surface area (Å²) in [4.78, 5) is 53.7. The molecule has 0 bridgehead atoms. The van der Waals surface area contributed by atoms with Gasteiger partial charge in [-0.15, -0.1) is 11.8 Å². The van der Waals surface area contributed by atoms with Gasteiger partial charge in [0.05, 0.1) is 16.7 Å². The Balaban J connectivity index is 1.54. The average Bonchev–Trinajstić information content (AvgIpc) is 3.42. The number of aliphatic carboxylic acids is 1. The number of ketones is 3. The highest BCUT2D eigenvalue weighted by Crippen LogP contribution is 2.51. The molecule has 2 saturated heterocycles. The summed E-state index contributed by atoms with van der Waals surface area (Å²) in [7, 11) is 0. The fourth-order valence-electron chi connectivity index (χ4n) is 5.48. The Morgan fingerprint density at radius 2 is 1.89 bits per heavy atom. The second kappa shape index (κ2) is 7.02. The highest BCUT2D eigenvalue weighted by atomic mass is 32.2. The number of carboxylic acid groups (broad SMARTS) is 1. The number of rotatable bonds is 1. The number of hydrogen-bond donors (Lipinski definition) is 4. The first-order chi connectivity index (χ1) is 16.5. The number of carboxylic acids is 1. The number of allylic oxidation sites excluding steroid dienone is 7. The standard InChI is InChI=1S/C23H19NO10S/c1-6-13-8(4-12-24(6)10(5-35-12)21(30)31)14-9(17(13)27)3-11(25)15-19(18(14)28)34-22-23(15,32)20(29)16(26)7(2)33-22/h3-4,7,10,16,20,22,26,29,32H,5H2,1-2H3,(H,30,31)/t7-,10+,16+,20-,22+,23-/m1/s1. The summed E-state index contributed by atoms with van der Waals surface area (Å²) in [6, 6.07) is -0.883. The van der Waals surface area contributed by atoms with Crippen LogP contribution in [0.3, 0.4) is 0 Å². The third-order valence-electron chi connectivity index (χ3n) is 7.25. The van der Waals surface area contributed by atoms with Crippen molar-refractivity contribution >= 4 is 35.1 Å². The van der Waals surface area contributed by atoms with Crippen LogP contribution in [0.1, 0.15) is 13.8 Å². The third kappa shape index (κ3) is 2.60. The molecule has 0 radical (unpaired) electrons. The van der Waals surface area contributed by atoms with Gasteiger partial charge in [-0.1, -0.05) is 0 Å². The Hall–Kier alpha value is -3.03. The van der Waals surface area contributed by atoms with Gasteiger partial charge in [-0.2, -0.15) is 0 Å². The molecule has 0 aromatic rings. The van der Waals surface area contributed by atoms with Gasteiger partial charge < -0.3 is 34.8 Å². The average molecular weight is 501 g/mol. The van der Waals surface area contributed by atoms with Gasteiger partial charge in [0.25, 0.3) is 0 Å². The molecule has 0 aromatic carbocycles. The molecule has 0 saturated carbocycles. The molecular formula is C23H19NO10S. The molecule has 0 spiro atoms. The lowest BCUT2D eigenvalue weighted by atomic mass is 9.79. The molecule has 4 heterocycles. The van der Waals surface area contributed by atoms with Crippen molar-refractivity contribution in [3.63, 3.8) is 0 Å². The van der Waals surface area contributed by atoms with Crippen molar-refractivity contribution in [3.8, 4) is 0 Å². The first-order valence-electron chi connectivity index (χ1n) is 10.8. The van der Waals surface area contributed by atoms with Crippen molar-refractivity contribution in [1.29, 1.82) is 0 Å². The van der Waals surface area contributed by atoms with Crippen molar-refractivity contribution in [2.75, 3.05) is 5.75 Å². The zero-order valence-corrected chi connectivity index (χ0v) is 19.2. The van der Waals surface area contributed by atoms with Crippen LogP contribution in [0.25, 0.3) is 0 Å². The maximum Gasteiger partial charge on any atom is 0.327 e. The number of fused-ring (bicyclic) bond motifs is 5. The van der Waals surface area contributed by atoms with Crippen molar-refractivity contribution < 1.29 is 49.1 Å². The lowest BCUT2D eigenvalue weighted by Gasteiger charge is -2.43. The van der Waals surface area contributed by atoms with Gasteiger partial charge in [-0.05, 0) is 26.0 Å². The fourth-order valence-corrected chi connectivity index (χ4v) is 6.71. The SMILES string of the molecule is CC1=C2C(=O)C3=CC(=O)C4=C(O[C@@H]5O[C@H](C)[C@H](O)[C@@H](O)[C@]45O)C(=O)C3=C2C=C2SC[C@@H](C(=O)O)N21. The van der Waals surface area contributed by atoms with Crippen LogP contribution in [-0.4, -0.2) is 90.6 Å². The van der Waals surface area contributed by atoms with Crippen LogP contribution in [0, 0.1) is 0 Å². The highest BCUT2D eigenvalue weighted by Gasteiger charge is 2.65. The van der Waals surface area contributed by atoms with Gasteiger partial charge in [0.15, 0.2) is 22.9 Å². The molecule has 2 fully saturated rings. The number of carbonyl (C=O) groups is 4. The number of aliphatic hydroxyl groups excluding tert-OH is 2.